The van der Waals surface area contributed by atoms with Crippen LogP contribution in [0.25, 0.3) is 0 Å². The van der Waals surface area contributed by atoms with Gasteiger partial charge >= 0.3 is 6.03 Å². The van der Waals surface area contributed by atoms with Crippen LogP contribution >= 0.6 is 11.8 Å². The number of hydrogen-bond acceptors (Lipinski definition) is 4. The molecule has 2 amide bonds. The number of benzene rings is 1. The molecule has 1 heterocycles. The van der Waals surface area contributed by atoms with E-state index in [2.05, 4.69) is 39.8 Å². The SMILES string of the molecule is C[C@H](Cn1cncn1)NC(=O)NC[C@@H](C)Sc1ccccc1. The molecular formula is C15H21N5OS. The Morgan fingerprint density at radius 2 is 2.09 bits per heavy atom. The first-order valence-corrected chi connectivity index (χ1v) is 8.10. The van der Waals surface area contributed by atoms with Gasteiger partial charge in [0.2, 0.25) is 0 Å². The molecule has 0 bridgehead atoms. The van der Waals surface area contributed by atoms with Crippen molar-refractivity contribution in [2.24, 2.45) is 0 Å². The first kappa shape index (κ1) is 16.4. The molecular weight excluding hydrogens is 298 g/mol. The topological polar surface area (TPSA) is 71.8 Å². The third-order valence-corrected chi connectivity index (χ3v) is 4.05. The summed E-state index contributed by atoms with van der Waals surface area (Å²) in [5.41, 5.74) is 0. The molecule has 2 aromatic rings. The summed E-state index contributed by atoms with van der Waals surface area (Å²) in [6, 6.07) is 9.99. The lowest BCUT2D eigenvalue weighted by molar-refractivity contribution is 0.236. The molecule has 0 saturated carbocycles. The minimum Gasteiger partial charge on any atom is -0.337 e. The Kier molecular flexibility index (Phi) is 6.27. The number of urea groups is 1. The molecule has 118 valence electrons. The van der Waals surface area contributed by atoms with Crippen molar-refractivity contribution in [2.75, 3.05) is 6.54 Å². The maximum absolute atomic E-state index is 11.9. The smallest absolute Gasteiger partial charge is 0.315 e. The summed E-state index contributed by atoms with van der Waals surface area (Å²) >= 11 is 1.74. The van der Waals surface area contributed by atoms with Crippen molar-refractivity contribution in [3.05, 3.63) is 43.0 Å². The molecule has 1 aromatic carbocycles. The highest BCUT2D eigenvalue weighted by molar-refractivity contribution is 8.00. The van der Waals surface area contributed by atoms with E-state index in [1.165, 1.54) is 11.2 Å². The number of carbonyl (C=O) groups is 1. The van der Waals surface area contributed by atoms with Crippen LogP contribution in [0.5, 0.6) is 0 Å². The second kappa shape index (κ2) is 8.43. The summed E-state index contributed by atoms with van der Waals surface area (Å²) in [6.07, 6.45) is 3.12. The van der Waals surface area contributed by atoms with E-state index >= 15 is 0 Å². The number of nitrogens with zero attached hydrogens (tertiary/aromatic N) is 3. The van der Waals surface area contributed by atoms with Crippen molar-refractivity contribution in [3.8, 4) is 0 Å². The first-order chi connectivity index (χ1) is 10.6. The predicted molar refractivity (Wildman–Crippen MR) is 87.8 cm³/mol. The van der Waals surface area contributed by atoms with Crippen LogP contribution in [0.15, 0.2) is 47.9 Å². The molecule has 0 aliphatic rings. The van der Waals surface area contributed by atoms with Crippen molar-refractivity contribution in [2.45, 2.75) is 36.6 Å². The van der Waals surface area contributed by atoms with Crippen LogP contribution in [0.4, 0.5) is 4.79 Å². The van der Waals surface area contributed by atoms with E-state index in [-0.39, 0.29) is 12.1 Å². The Bertz CT molecular complexity index is 561. The fraction of sp³-hybridized carbons (Fsp3) is 0.400. The Hall–Kier alpha value is -2.02. The van der Waals surface area contributed by atoms with Gasteiger partial charge in [-0.1, -0.05) is 25.1 Å². The summed E-state index contributed by atoms with van der Waals surface area (Å²) in [4.78, 5) is 16.9. The van der Waals surface area contributed by atoms with Crippen LogP contribution in [0.2, 0.25) is 0 Å². The minimum atomic E-state index is -0.159. The molecule has 2 rings (SSSR count). The quantitative estimate of drug-likeness (QED) is 0.767. The maximum atomic E-state index is 11.9. The van der Waals surface area contributed by atoms with Gasteiger partial charge in [0.05, 0.1) is 6.54 Å². The lowest BCUT2D eigenvalue weighted by Crippen LogP contribution is -2.44. The van der Waals surface area contributed by atoms with Gasteiger partial charge in [-0.25, -0.2) is 9.78 Å². The zero-order chi connectivity index (χ0) is 15.8. The van der Waals surface area contributed by atoms with E-state index in [0.717, 1.165) is 0 Å². The van der Waals surface area contributed by atoms with Crippen LogP contribution in [0.1, 0.15) is 13.8 Å². The molecule has 0 fully saturated rings. The third-order valence-electron chi connectivity index (χ3n) is 2.94. The van der Waals surface area contributed by atoms with E-state index in [1.54, 1.807) is 22.8 Å². The highest BCUT2D eigenvalue weighted by atomic mass is 32.2. The fourth-order valence-electron chi connectivity index (χ4n) is 1.94. The van der Waals surface area contributed by atoms with Gasteiger partial charge in [0.25, 0.3) is 0 Å². The molecule has 2 atom stereocenters. The number of rotatable bonds is 7. The molecule has 1 aromatic heterocycles. The van der Waals surface area contributed by atoms with E-state index < -0.39 is 0 Å². The normalized spacial score (nSPS) is 13.4. The van der Waals surface area contributed by atoms with Gasteiger partial charge in [0.1, 0.15) is 12.7 Å². The average Bonchev–Trinajstić information content (AvgIpc) is 2.99. The largest absolute Gasteiger partial charge is 0.337 e. The van der Waals surface area contributed by atoms with Crippen molar-refractivity contribution in [1.29, 1.82) is 0 Å². The minimum absolute atomic E-state index is 0.0150. The third kappa shape index (κ3) is 5.77. The molecule has 0 radical (unpaired) electrons. The molecule has 0 aliphatic carbocycles. The van der Waals surface area contributed by atoms with Crippen LogP contribution in [-0.2, 0) is 6.54 Å². The molecule has 2 N–H and O–H groups in total. The molecule has 0 spiro atoms. The van der Waals surface area contributed by atoms with Gasteiger partial charge in [-0.05, 0) is 19.1 Å². The number of amides is 2. The van der Waals surface area contributed by atoms with Gasteiger partial charge in [0.15, 0.2) is 0 Å². The molecule has 6 nitrogen and oxygen atoms in total. The van der Waals surface area contributed by atoms with Crippen LogP contribution in [0, 0.1) is 0 Å². The second-order valence-electron chi connectivity index (χ2n) is 5.11. The van der Waals surface area contributed by atoms with E-state index in [4.69, 9.17) is 0 Å². The summed E-state index contributed by atoms with van der Waals surface area (Å²) in [5.74, 6) is 0. The summed E-state index contributed by atoms with van der Waals surface area (Å²) in [7, 11) is 0. The van der Waals surface area contributed by atoms with Gasteiger partial charge < -0.3 is 10.6 Å². The highest BCUT2D eigenvalue weighted by Crippen LogP contribution is 2.21. The predicted octanol–water partition coefficient (Wildman–Crippen LogP) is 2.15. The average molecular weight is 319 g/mol. The van der Waals surface area contributed by atoms with E-state index in [9.17, 15) is 4.79 Å². The van der Waals surface area contributed by atoms with Gasteiger partial charge in [0, 0.05) is 22.7 Å². The Labute approximate surface area is 134 Å². The summed E-state index contributed by atoms with van der Waals surface area (Å²) in [6.45, 7) is 5.24. The molecule has 0 unspecified atom stereocenters. The Morgan fingerprint density at radius 3 is 2.77 bits per heavy atom. The number of hydrogen-bond donors (Lipinski definition) is 2. The van der Waals surface area contributed by atoms with Crippen LogP contribution < -0.4 is 10.6 Å². The second-order valence-corrected chi connectivity index (χ2v) is 6.63. The van der Waals surface area contributed by atoms with Gasteiger partial charge in [-0.2, -0.15) is 5.10 Å². The zero-order valence-electron chi connectivity index (χ0n) is 12.8. The molecule has 22 heavy (non-hydrogen) atoms. The van der Waals surface area contributed by atoms with E-state index in [1.807, 2.05) is 25.1 Å². The first-order valence-electron chi connectivity index (χ1n) is 7.22. The highest BCUT2D eigenvalue weighted by Gasteiger charge is 2.10. The lowest BCUT2D eigenvalue weighted by atomic mass is 10.3. The number of nitrogens with one attached hydrogen (secondary N) is 2. The summed E-state index contributed by atoms with van der Waals surface area (Å²) < 4.78 is 1.69. The lowest BCUT2D eigenvalue weighted by Gasteiger charge is -2.16. The number of carbonyl (C=O) groups excluding carboxylic acids is 1. The monoisotopic (exact) mass is 319 g/mol. The van der Waals surface area contributed by atoms with Crippen molar-refractivity contribution in [3.63, 3.8) is 0 Å². The molecule has 0 saturated heterocycles. The Morgan fingerprint density at radius 1 is 1.32 bits per heavy atom. The molecule has 7 heteroatoms. The zero-order valence-corrected chi connectivity index (χ0v) is 13.6. The Balaban J connectivity index is 1.66. The van der Waals surface area contributed by atoms with E-state index in [0.29, 0.717) is 18.3 Å². The van der Waals surface area contributed by atoms with Crippen LogP contribution in [0.3, 0.4) is 0 Å². The van der Waals surface area contributed by atoms with Crippen molar-refractivity contribution >= 4 is 17.8 Å². The van der Waals surface area contributed by atoms with Crippen LogP contribution in [-0.4, -0.2) is 38.6 Å². The van der Waals surface area contributed by atoms with Crippen molar-refractivity contribution < 1.29 is 4.79 Å². The molecule has 0 aliphatic heterocycles. The van der Waals surface area contributed by atoms with Crippen molar-refractivity contribution in [1.82, 2.24) is 25.4 Å². The fourth-order valence-corrected chi connectivity index (χ4v) is 2.88. The van der Waals surface area contributed by atoms with Gasteiger partial charge in [-0.15, -0.1) is 11.8 Å². The standard InChI is InChI=1S/C15H21N5OS/c1-12(9-20-11-16-10-18-20)19-15(21)17-8-13(2)22-14-6-4-3-5-7-14/h3-7,10-13H,8-9H2,1-2H3,(H2,17,19,21)/t12-,13-/m1/s1. The summed E-state index contributed by atoms with van der Waals surface area (Å²) in [5, 5.41) is 10.1. The van der Waals surface area contributed by atoms with Gasteiger partial charge in [-0.3, -0.25) is 4.68 Å². The maximum Gasteiger partial charge on any atom is 0.315 e. The number of aromatic nitrogens is 3. The number of thioether (sulfide) groups is 1.